The van der Waals surface area contributed by atoms with Crippen LogP contribution in [-0.4, -0.2) is 33.4 Å². The number of anilines is 1. The number of nitrogens with zero attached hydrogens (tertiary/aromatic N) is 1. The van der Waals surface area contributed by atoms with E-state index in [0.29, 0.717) is 12.5 Å². The minimum absolute atomic E-state index is 0.301. The molecule has 1 unspecified atom stereocenters. The zero-order valence-corrected chi connectivity index (χ0v) is 15.3. The standard InChI is InChI=1S/C22H26N2O2/c1-3-13-26-22-10-5-4-7-19(22)16-23-15-18-11-12-24(17-18)20-8-6-9-21(14-20)25-2/h1,4-10,14,18,23H,11-13,15-17H2,2H3. The molecule has 2 aromatic carbocycles. The van der Waals surface area contributed by atoms with Gasteiger partial charge in [0.2, 0.25) is 0 Å². The summed E-state index contributed by atoms with van der Waals surface area (Å²) in [6.45, 7) is 4.23. The number of benzene rings is 2. The largest absolute Gasteiger partial charge is 0.497 e. The molecule has 0 radical (unpaired) electrons. The van der Waals surface area contributed by atoms with Gasteiger partial charge in [0.1, 0.15) is 18.1 Å². The van der Waals surface area contributed by atoms with Crippen molar-refractivity contribution in [3.63, 3.8) is 0 Å². The third-order valence-electron chi connectivity index (χ3n) is 4.74. The first kappa shape index (κ1) is 18.2. The van der Waals surface area contributed by atoms with E-state index in [1.165, 1.54) is 12.1 Å². The van der Waals surface area contributed by atoms with Gasteiger partial charge in [0.15, 0.2) is 0 Å². The Morgan fingerprint density at radius 2 is 2.12 bits per heavy atom. The number of ether oxygens (including phenoxy) is 2. The van der Waals surface area contributed by atoms with Gasteiger partial charge in [-0.25, -0.2) is 0 Å². The number of rotatable bonds is 8. The molecule has 1 aliphatic heterocycles. The summed E-state index contributed by atoms with van der Waals surface area (Å²) in [5.74, 6) is 4.93. The van der Waals surface area contributed by atoms with Crippen molar-refractivity contribution in [3.8, 4) is 23.8 Å². The Morgan fingerprint density at radius 1 is 1.23 bits per heavy atom. The smallest absolute Gasteiger partial charge is 0.148 e. The van der Waals surface area contributed by atoms with E-state index in [9.17, 15) is 0 Å². The number of methoxy groups -OCH3 is 1. The minimum Gasteiger partial charge on any atom is -0.497 e. The van der Waals surface area contributed by atoms with E-state index < -0.39 is 0 Å². The van der Waals surface area contributed by atoms with Gasteiger partial charge in [-0.3, -0.25) is 0 Å². The SMILES string of the molecule is C#CCOc1ccccc1CNCC1CCN(c2cccc(OC)c2)C1. The van der Waals surface area contributed by atoms with Crippen molar-refractivity contribution in [2.24, 2.45) is 5.92 Å². The average molecular weight is 350 g/mol. The van der Waals surface area contributed by atoms with Gasteiger partial charge in [-0.1, -0.05) is 30.2 Å². The predicted molar refractivity (Wildman–Crippen MR) is 106 cm³/mol. The maximum absolute atomic E-state index is 5.61. The van der Waals surface area contributed by atoms with E-state index >= 15 is 0 Å². The van der Waals surface area contributed by atoms with Gasteiger partial charge < -0.3 is 19.7 Å². The molecule has 2 aromatic rings. The van der Waals surface area contributed by atoms with Crippen molar-refractivity contribution in [1.82, 2.24) is 5.32 Å². The first-order valence-electron chi connectivity index (χ1n) is 9.04. The number of terminal acetylenes is 1. The Balaban J connectivity index is 1.49. The maximum Gasteiger partial charge on any atom is 0.148 e. The Labute approximate surface area is 156 Å². The molecule has 1 heterocycles. The van der Waals surface area contributed by atoms with E-state index in [4.69, 9.17) is 15.9 Å². The zero-order valence-electron chi connectivity index (χ0n) is 15.3. The predicted octanol–water partition coefficient (Wildman–Crippen LogP) is 3.32. The summed E-state index contributed by atoms with van der Waals surface area (Å²) >= 11 is 0. The van der Waals surface area contributed by atoms with Crippen molar-refractivity contribution in [1.29, 1.82) is 0 Å². The third-order valence-corrected chi connectivity index (χ3v) is 4.74. The molecule has 1 N–H and O–H groups in total. The molecule has 4 heteroatoms. The van der Waals surface area contributed by atoms with Crippen LogP contribution in [0.2, 0.25) is 0 Å². The topological polar surface area (TPSA) is 33.7 Å². The Bertz CT molecular complexity index is 754. The second-order valence-electron chi connectivity index (χ2n) is 6.53. The molecule has 1 saturated heterocycles. The van der Waals surface area contributed by atoms with Crippen LogP contribution >= 0.6 is 0 Å². The third kappa shape index (κ3) is 4.71. The maximum atomic E-state index is 5.61. The highest BCUT2D eigenvalue weighted by Gasteiger charge is 2.22. The molecule has 0 saturated carbocycles. The molecule has 1 aliphatic rings. The highest BCUT2D eigenvalue weighted by Crippen LogP contribution is 2.26. The van der Waals surface area contributed by atoms with Crippen molar-refractivity contribution in [2.45, 2.75) is 13.0 Å². The Kier molecular flexibility index (Phi) is 6.40. The number of nitrogens with one attached hydrogen (secondary N) is 1. The van der Waals surface area contributed by atoms with Gasteiger partial charge in [-0.2, -0.15) is 0 Å². The highest BCUT2D eigenvalue weighted by atomic mass is 16.5. The molecule has 1 atom stereocenters. The summed E-state index contributed by atoms with van der Waals surface area (Å²) in [7, 11) is 1.71. The van der Waals surface area contributed by atoms with Crippen LogP contribution in [0.15, 0.2) is 48.5 Å². The molecule has 0 amide bonds. The summed E-state index contributed by atoms with van der Waals surface area (Å²) in [5, 5.41) is 3.57. The van der Waals surface area contributed by atoms with Crippen LogP contribution in [-0.2, 0) is 6.54 Å². The lowest BCUT2D eigenvalue weighted by Crippen LogP contribution is -2.26. The second-order valence-corrected chi connectivity index (χ2v) is 6.53. The molecule has 1 fully saturated rings. The lowest BCUT2D eigenvalue weighted by atomic mass is 10.1. The minimum atomic E-state index is 0.301. The molecular formula is C22H26N2O2. The molecule has 4 nitrogen and oxygen atoms in total. The zero-order chi connectivity index (χ0) is 18.2. The molecule has 26 heavy (non-hydrogen) atoms. The van der Waals surface area contributed by atoms with Crippen molar-refractivity contribution in [3.05, 3.63) is 54.1 Å². The molecule has 0 bridgehead atoms. The molecular weight excluding hydrogens is 324 g/mol. The van der Waals surface area contributed by atoms with Gasteiger partial charge >= 0.3 is 0 Å². The van der Waals surface area contributed by atoms with Crippen LogP contribution < -0.4 is 19.7 Å². The summed E-state index contributed by atoms with van der Waals surface area (Å²) < 4.78 is 10.9. The van der Waals surface area contributed by atoms with Crippen LogP contribution in [0, 0.1) is 18.3 Å². The lowest BCUT2D eigenvalue weighted by Gasteiger charge is -2.19. The first-order chi connectivity index (χ1) is 12.8. The summed E-state index contributed by atoms with van der Waals surface area (Å²) in [6, 6.07) is 16.3. The fraction of sp³-hybridized carbons (Fsp3) is 0.364. The Morgan fingerprint density at radius 3 is 2.96 bits per heavy atom. The number of hydrogen-bond donors (Lipinski definition) is 1. The summed E-state index contributed by atoms with van der Waals surface area (Å²) in [4.78, 5) is 2.43. The normalized spacial score (nSPS) is 16.3. The van der Waals surface area contributed by atoms with E-state index in [1.807, 2.05) is 30.3 Å². The lowest BCUT2D eigenvalue weighted by molar-refractivity contribution is 0.364. The molecule has 0 aliphatic carbocycles. The van der Waals surface area contributed by atoms with Crippen LogP contribution in [0.5, 0.6) is 11.5 Å². The van der Waals surface area contributed by atoms with Crippen LogP contribution in [0.3, 0.4) is 0 Å². The molecule has 3 rings (SSSR count). The monoisotopic (exact) mass is 350 g/mol. The van der Waals surface area contributed by atoms with Gasteiger partial charge in [0.25, 0.3) is 0 Å². The van der Waals surface area contributed by atoms with Crippen molar-refractivity contribution < 1.29 is 9.47 Å². The fourth-order valence-electron chi connectivity index (χ4n) is 3.36. The van der Waals surface area contributed by atoms with Crippen LogP contribution in [0.1, 0.15) is 12.0 Å². The highest BCUT2D eigenvalue weighted by molar-refractivity contribution is 5.51. The van der Waals surface area contributed by atoms with Gasteiger partial charge in [-0.05, 0) is 30.5 Å². The van der Waals surface area contributed by atoms with E-state index in [-0.39, 0.29) is 0 Å². The van der Waals surface area contributed by atoms with Gasteiger partial charge in [0, 0.05) is 43.5 Å². The van der Waals surface area contributed by atoms with Crippen molar-refractivity contribution in [2.75, 3.05) is 38.3 Å². The van der Waals surface area contributed by atoms with Gasteiger partial charge in [0.05, 0.1) is 7.11 Å². The van der Waals surface area contributed by atoms with E-state index in [0.717, 1.165) is 43.2 Å². The van der Waals surface area contributed by atoms with Crippen molar-refractivity contribution >= 4 is 5.69 Å². The summed E-state index contributed by atoms with van der Waals surface area (Å²) in [6.07, 6.45) is 6.48. The number of hydrogen-bond acceptors (Lipinski definition) is 4. The molecule has 0 spiro atoms. The van der Waals surface area contributed by atoms with E-state index in [2.05, 4.69) is 34.3 Å². The fourth-order valence-corrected chi connectivity index (χ4v) is 3.36. The number of para-hydroxylation sites is 1. The van der Waals surface area contributed by atoms with Crippen LogP contribution in [0.25, 0.3) is 0 Å². The quantitative estimate of drug-likeness (QED) is 0.741. The second kappa shape index (κ2) is 9.17. The average Bonchev–Trinajstić information content (AvgIpc) is 3.16. The first-order valence-corrected chi connectivity index (χ1v) is 9.04. The van der Waals surface area contributed by atoms with Crippen LogP contribution in [0.4, 0.5) is 5.69 Å². The molecule has 136 valence electrons. The van der Waals surface area contributed by atoms with E-state index in [1.54, 1.807) is 7.11 Å². The molecule has 0 aromatic heterocycles. The summed E-state index contributed by atoms with van der Waals surface area (Å²) in [5.41, 5.74) is 2.38. The Hall–Kier alpha value is -2.64. The van der Waals surface area contributed by atoms with Gasteiger partial charge in [-0.15, -0.1) is 6.42 Å².